The zero-order valence-electron chi connectivity index (χ0n) is 15.8. The molecule has 136 valence electrons. The first kappa shape index (κ1) is 17.4. The van der Waals surface area contributed by atoms with Crippen LogP contribution in [0.5, 0.6) is 0 Å². The van der Waals surface area contributed by atoms with Gasteiger partial charge in [-0.1, -0.05) is 24.6 Å². The van der Waals surface area contributed by atoms with Crippen molar-refractivity contribution in [3.63, 3.8) is 0 Å². The highest BCUT2D eigenvalue weighted by Gasteiger charge is 2.62. The molecule has 0 unspecified atom stereocenters. The van der Waals surface area contributed by atoms with Crippen LogP contribution in [0.3, 0.4) is 0 Å². The van der Waals surface area contributed by atoms with Gasteiger partial charge in [0.25, 0.3) is 0 Å². The molecule has 5 atom stereocenters. The number of fused-ring (bicyclic) bond motifs is 5. The van der Waals surface area contributed by atoms with Crippen LogP contribution in [0.1, 0.15) is 75.5 Å². The Morgan fingerprint density at radius 3 is 2.68 bits per heavy atom. The quantitative estimate of drug-likeness (QED) is 0.589. The molecule has 0 aliphatic heterocycles. The molecule has 1 aromatic carbocycles. The summed E-state index contributed by atoms with van der Waals surface area (Å²) in [6, 6.07) is 4.26. The van der Waals surface area contributed by atoms with Crippen molar-refractivity contribution in [2.24, 2.45) is 17.3 Å². The molecule has 25 heavy (non-hydrogen) atoms. The first-order valence-electron chi connectivity index (χ1n) is 9.74. The molecule has 3 heteroatoms. The fourth-order valence-electron chi connectivity index (χ4n) is 6.55. The van der Waals surface area contributed by atoms with Gasteiger partial charge in [0, 0.05) is 17.4 Å². The zero-order chi connectivity index (χ0) is 18.0. The van der Waals surface area contributed by atoms with Crippen molar-refractivity contribution < 1.29 is 9.53 Å². The number of hydrogen-bond acceptors (Lipinski definition) is 2. The van der Waals surface area contributed by atoms with Crippen LogP contribution in [0.4, 0.5) is 0 Å². The lowest BCUT2D eigenvalue weighted by Gasteiger charge is -2.53. The van der Waals surface area contributed by atoms with E-state index in [0.717, 1.165) is 30.7 Å². The molecule has 4 rings (SSSR count). The van der Waals surface area contributed by atoms with E-state index in [4.69, 9.17) is 16.3 Å². The van der Waals surface area contributed by atoms with Crippen LogP contribution in [-0.2, 0) is 16.0 Å². The van der Waals surface area contributed by atoms with Crippen molar-refractivity contribution in [3.05, 3.63) is 33.8 Å². The van der Waals surface area contributed by atoms with E-state index in [1.807, 2.05) is 0 Å². The van der Waals surface area contributed by atoms with E-state index in [1.165, 1.54) is 29.5 Å². The number of ether oxygens (including phenoxy) is 1. The highest BCUT2D eigenvalue weighted by atomic mass is 35.5. The molecular formula is C22H29ClO2. The monoisotopic (exact) mass is 360 g/mol. The lowest BCUT2D eigenvalue weighted by atomic mass is 9.53. The number of halogens is 1. The molecule has 3 aliphatic carbocycles. The number of esters is 1. The minimum atomic E-state index is -0.314. The molecule has 0 amide bonds. The second-order valence-corrected chi connectivity index (χ2v) is 9.40. The number of hydrogen-bond donors (Lipinski definition) is 0. The smallest absolute Gasteiger partial charge is 0.303 e. The third kappa shape index (κ3) is 2.40. The van der Waals surface area contributed by atoms with Crippen LogP contribution in [0, 0.1) is 24.2 Å². The van der Waals surface area contributed by atoms with Crippen LogP contribution >= 0.6 is 11.6 Å². The largest absolute Gasteiger partial charge is 0.459 e. The Bertz CT molecular complexity index is 727. The Balaban J connectivity index is 1.71. The number of benzene rings is 1. The molecule has 0 N–H and O–H groups in total. The van der Waals surface area contributed by atoms with Gasteiger partial charge < -0.3 is 4.74 Å². The number of rotatable bonds is 1. The SMILES string of the molecule is CC(=O)O[C@]1(C)CC[C@@H]2[C@@H]3CCc4c(C)ccc(Cl)c4[C@@H]3CC[C@]21C. The predicted molar refractivity (Wildman–Crippen MR) is 101 cm³/mol. The molecule has 0 saturated heterocycles. The Morgan fingerprint density at radius 1 is 1.20 bits per heavy atom. The second kappa shape index (κ2) is 5.74. The summed E-state index contributed by atoms with van der Waals surface area (Å²) in [5, 5.41) is 0.958. The van der Waals surface area contributed by atoms with Gasteiger partial charge in [0.15, 0.2) is 0 Å². The van der Waals surface area contributed by atoms with Crippen LogP contribution in [0.25, 0.3) is 0 Å². The summed E-state index contributed by atoms with van der Waals surface area (Å²) in [6.45, 7) is 8.31. The molecule has 0 aromatic heterocycles. The second-order valence-electron chi connectivity index (χ2n) is 8.99. The molecule has 0 spiro atoms. The van der Waals surface area contributed by atoms with E-state index in [9.17, 15) is 4.79 Å². The third-order valence-electron chi connectivity index (χ3n) is 7.97. The first-order valence-corrected chi connectivity index (χ1v) is 10.1. The number of carbonyl (C=O) groups excluding carboxylic acids is 1. The molecular weight excluding hydrogens is 332 g/mol. The molecule has 3 aliphatic rings. The maximum Gasteiger partial charge on any atom is 0.303 e. The van der Waals surface area contributed by atoms with Crippen molar-refractivity contribution in [3.8, 4) is 0 Å². The highest BCUT2D eigenvalue weighted by molar-refractivity contribution is 6.31. The molecule has 2 saturated carbocycles. The van der Waals surface area contributed by atoms with Gasteiger partial charge in [-0.2, -0.15) is 0 Å². The molecule has 1 aromatic rings. The molecule has 0 bridgehead atoms. The Kier molecular flexibility index (Phi) is 3.99. The van der Waals surface area contributed by atoms with Gasteiger partial charge >= 0.3 is 5.97 Å². The minimum absolute atomic E-state index is 0.0909. The summed E-state index contributed by atoms with van der Waals surface area (Å²) in [4.78, 5) is 11.7. The maximum atomic E-state index is 11.7. The first-order chi connectivity index (χ1) is 11.8. The van der Waals surface area contributed by atoms with Gasteiger partial charge in [0.1, 0.15) is 5.60 Å². The van der Waals surface area contributed by atoms with E-state index in [-0.39, 0.29) is 17.0 Å². The average molecular weight is 361 g/mol. The average Bonchev–Trinajstić information content (AvgIpc) is 2.81. The lowest BCUT2D eigenvalue weighted by molar-refractivity contribution is -0.173. The summed E-state index contributed by atoms with van der Waals surface area (Å²) in [7, 11) is 0. The van der Waals surface area contributed by atoms with Gasteiger partial charge in [-0.15, -0.1) is 0 Å². The summed E-state index contributed by atoms with van der Waals surface area (Å²) in [5.41, 5.74) is 4.10. The van der Waals surface area contributed by atoms with Crippen LogP contribution in [0.15, 0.2) is 12.1 Å². The normalized spacial score (nSPS) is 39.3. The van der Waals surface area contributed by atoms with Gasteiger partial charge in [-0.25, -0.2) is 0 Å². The van der Waals surface area contributed by atoms with Crippen molar-refractivity contribution >= 4 is 17.6 Å². The van der Waals surface area contributed by atoms with Crippen LogP contribution in [-0.4, -0.2) is 11.6 Å². The molecule has 0 heterocycles. The van der Waals surface area contributed by atoms with E-state index in [2.05, 4.69) is 32.9 Å². The van der Waals surface area contributed by atoms with Crippen molar-refractivity contribution in [2.45, 2.75) is 77.7 Å². The molecule has 0 radical (unpaired) electrons. The standard InChI is InChI=1S/C22H29ClO2/c1-13-5-8-19(23)20-15(13)6-7-16-17(20)9-11-21(3)18(16)10-12-22(21,4)25-14(2)24/h5,8,16-18H,6-7,9-12H2,1-4H3/t16-,17-,18-,21-,22-/m1/s1. The van der Waals surface area contributed by atoms with Crippen molar-refractivity contribution in [2.75, 3.05) is 0 Å². The molecule has 2 nitrogen and oxygen atoms in total. The van der Waals surface area contributed by atoms with Crippen molar-refractivity contribution in [1.82, 2.24) is 0 Å². The third-order valence-corrected chi connectivity index (χ3v) is 8.30. The highest BCUT2D eigenvalue weighted by Crippen LogP contribution is 2.65. The maximum absolute atomic E-state index is 11.7. The van der Waals surface area contributed by atoms with Gasteiger partial charge in [-0.05, 0) is 92.9 Å². The van der Waals surface area contributed by atoms with E-state index in [1.54, 1.807) is 6.92 Å². The topological polar surface area (TPSA) is 26.3 Å². The Morgan fingerprint density at radius 2 is 1.96 bits per heavy atom. The van der Waals surface area contributed by atoms with Crippen LogP contribution in [0.2, 0.25) is 5.02 Å². The summed E-state index contributed by atoms with van der Waals surface area (Å²) >= 11 is 6.67. The van der Waals surface area contributed by atoms with E-state index >= 15 is 0 Å². The Labute approximate surface area is 156 Å². The number of aryl methyl sites for hydroxylation is 1. The fraction of sp³-hybridized carbons (Fsp3) is 0.682. The Hall–Kier alpha value is -1.02. The summed E-state index contributed by atoms with van der Waals surface area (Å²) in [6.07, 6.45) is 6.82. The predicted octanol–water partition coefficient (Wildman–Crippen LogP) is 5.83. The summed E-state index contributed by atoms with van der Waals surface area (Å²) in [5.74, 6) is 1.73. The molecule has 2 fully saturated rings. The summed E-state index contributed by atoms with van der Waals surface area (Å²) < 4.78 is 5.90. The van der Waals surface area contributed by atoms with Crippen LogP contribution < -0.4 is 0 Å². The van der Waals surface area contributed by atoms with Crippen molar-refractivity contribution in [1.29, 1.82) is 0 Å². The van der Waals surface area contributed by atoms with Gasteiger partial charge in [0.2, 0.25) is 0 Å². The zero-order valence-corrected chi connectivity index (χ0v) is 16.6. The van der Waals surface area contributed by atoms with E-state index in [0.29, 0.717) is 17.8 Å². The lowest BCUT2D eigenvalue weighted by Crippen LogP contribution is -2.51. The number of carbonyl (C=O) groups is 1. The minimum Gasteiger partial charge on any atom is -0.459 e. The van der Waals surface area contributed by atoms with E-state index < -0.39 is 0 Å². The fourth-order valence-corrected chi connectivity index (χ4v) is 6.87. The van der Waals surface area contributed by atoms with Gasteiger partial charge in [-0.3, -0.25) is 4.79 Å². The van der Waals surface area contributed by atoms with Gasteiger partial charge in [0.05, 0.1) is 0 Å².